The van der Waals surface area contributed by atoms with Gasteiger partial charge < -0.3 is 10.6 Å². The van der Waals surface area contributed by atoms with Crippen molar-refractivity contribution >= 4 is 38.9 Å². The number of hydrogen-bond donors (Lipinski definition) is 2. The van der Waals surface area contributed by atoms with Crippen molar-refractivity contribution in [2.45, 2.75) is 6.54 Å². The molecule has 0 bridgehead atoms. The van der Waals surface area contributed by atoms with Crippen LogP contribution >= 0.6 is 27.3 Å². The number of nitrogen functional groups attached to an aromatic ring is 1. The summed E-state index contributed by atoms with van der Waals surface area (Å²) in [4.78, 5) is 6.29. The molecule has 0 atom stereocenters. The maximum absolute atomic E-state index is 7.56. The van der Waals surface area contributed by atoms with E-state index in [9.17, 15) is 0 Å². The summed E-state index contributed by atoms with van der Waals surface area (Å²) in [5, 5.41) is 9.65. The first-order valence-corrected chi connectivity index (χ1v) is 6.98. The third-order valence-corrected chi connectivity index (χ3v) is 4.03. The van der Waals surface area contributed by atoms with Gasteiger partial charge in [0.25, 0.3) is 0 Å². The monoisotopic (exact) mass is 324 g/mol. The second-order valence-electron chi connectivity index (χ2n) is 3.90. The Kier molecular flexibility index (Phi) is 3.98. The fourth-order valence-corrected chi connectivity index (χ4v) is 2.89. The highest BCUT2D eigenvalue weighted by atomic mass is 79.9. The molecule has 0 spiro atoms. The second kappa shape index (κ2) is 5.49. The van der Waals surface area contributed by atoms with Crippen molar-refractivity contribution in [2.75, 3.05) is 11.9 Å². The number of nitrogens with two attached hydrogens (primary N) is 1. The molecule has 0 amide bonds. The fourth-order valence-electron chi connectivity index (χ4n) is 1.69. The molecule has 0 aliphatic carbocycles. The molecule has 0 saturated heterocycles. The molecule has 2 aromatic rings. The molecule has 0 saturated carbocycles. The molecular formula is C12H13BrN4S. The van der Waals surface area contributed by atoms with E-state index in [1.165, 1.54) is 5.56 Å². The zero-order chi connectivity index (χ0) is 13.1. The summed E-state index contributed by atoms with van der Waals surface area (Å²) in [7, 11) is 1.94. The first kappa shape index (κ1) is 13.0. The summed E-state index contributed by atoms with van der Waals surface area (Å²) < 4.78 is 1.11. The number of pyridine rings is 1. The van der Waals surface area contributed by atoms with Crippen LogP contribution in [-0.2, 0) is 6.54 Å². The molecule has 3 N–H and O–H groups in total. The predicted molar refractivity (Wildman–Crippen MR) is 79.4 cm³/mol. The van der Waals surface area contributed by atoms with Crippen molar-refractivity contribution in [3.63, 3.8) is 0 Å². The van der Waals surface area contributed by atoms with Crippen LogP contribution < -0.4 is 10.6 Å². The molecule has 2 rings (SSSR count). The molecule has 0 radical (unpaired) electrons. The molecule has 0 unspecified atom stereocenters. The SMILES string of the molecule is CN(Cc1csc(Br)c1)c1ncccc1C(=N)N. The van der Waals surface area contributed by atoms with Crippen molar-refractivity contribution in [2.24, 2.45) is 5.73 Å². The van der Waals surface area contributed by atoms with Crippen LogP contribution in [0.25, 0.3) is 0 Å². The van der Waals surface area contributed by atoms with Crippen molar-refractivity contribution < 1.29 is 0 Å². The summed E-state index contributed by atoms with van der Waals surface area (Å²) in [6.07, 6.45) is 1.71. The Morgan fingerprint density at radius 3 is 3.00 bits per heavy atom. The normalized spacial score (nSPS) is 10.3. The highest BCUT2D eigenvalue weighted by Crippen LogP contribution is 2.23. The number of amidine groups is 1. The largest absolute Gasteiger partial charge is 0.384 e. The molecular weight excluding hydrogens is 312 g/mol. The average molecular weight is 325 g/mol. The van der Waals surface area contributed by atoms with Crippen LogP contribution in [0.1, 0.15) is 11.1 Å². The van der Waals surface area contributed by atoms with Gasteiger partial charge in [-0.2, -0.15) is 0 Å². The topological polar surface area (TPSA) is 66.0 Å². The number of thiophene rings is 1. The minimum absolute atomic E-state index is 0.0384. The third-order valence-electron chi connectivity index (χ3n) is 2.48. The average Bonchev–Trinajstić information content (AvgIpc) is 2.74. The number of rotatable bonds is 4. The van der Waals surface area contributed by atoms with Crippen LogP contribution in [0.4, 0.5) is 5.82 Å². The Bertz CT molecular complexity index is 567. The minimum atomic E-state index is 0.0384. The molecule has 94 valence electrons. The van der Waals surface area contributed by atoms with E-state index in [1.807, 2.05) is 18.0 Å². The van der Waals surface area contributed by atoms with Gasteiger partial charge in [0.1, 0.15) is 11.7 Å². The zero-order valence-corrected chi connectivity index (χ0v) is 12.3. The van der Waals surface area contributed by atoms with Gasteiger partial charge in [-0.05, 0) is 45.1 Å². The van der Waals surface area contributed by atoms with Crippen LogP contribution in [0, 0.1) is 5.41 Å². The summed E-state index contributed by atoms with van der Waals surface area (Å²) in [6.45, 7) is 0.736. The van der Waals surface area contributed by atoms with Gasteiger partial charge in [0.05, 0.1) is 9.35 Å². The lowest BCUT2D eigenvalue weighted by atomic mass is 10.2. The summed E-state index contributed by atoms with van der Waals surface area (Å²) >= 11 is 5.10. The smallest absolute Gasteiger partial charge is 0.139 e. The maximum Gasteiger partial charge on any atom is 0.139 e. The van der Waals surface area contributed by atoms with E-state index in [-0.39, 0.29) is 5.84 Å². The Balaban J connectivity index is 2.23. The van der Waals surface area contributed by atoms with Gasteiger partial charge in [0, 0.05) is 19.8 Å². The number of aromatic nitrogens is 1. The predicted octanol–water partition coefficient (Wildman–Crippen LogP) is 2.83. The van der Waals surface area contributed by atoms with Crippen molar-refractivity contribution in [3.8, 4) is 0 Å². The maximum atomic E-state index is 7.56. The van der Waals surface area contributed by atoms with Gasteiger partial charge >= 0.3 is 0 Å². The van der Waals surface area contributed by atoms with E-state index in [1.54, 1.807) is 23.6 Å². The lowest BCUT2D eigenvalue weighted by molar-refractivity contribution is 0.899. The van der Waals surface area contributed by atoms with Crippen LogP contribution in [0.5, 0.6) is 0 Å². The molecule has 0 aromatic carbocycles. The summed E-state index contributed by atoms with van der Waals surface area (Å²) in [5.74, 6) is 0.767. The van der Waals surface area contributed by atoms with Crippen molar-refractivity contribution in [1.82, 2.24) is 4.98 Å². The van der Waals surface area contributed by atoms with Crippen LogP contribution in [-0.4, -0.2) is 17.9 Å². The molecule has 0 aliphatic heterocycles. The van der Waals surface area contributed by atoms with E-state index in [0.717, 1.165) is 16.1 Å². The van der Waals surface area contributed by atoms with Gasteiger partial charge in [-0.3, -0.25) is 5.41 Å². The van der Waals surface area contributed by atoms with Gasteiger partial charge in [-0.25, -0.2) is 4.98 Å². The van der Waals surface area contributed by atoms with Crippen LogP contribution in [0.2, 0.25) is 0 Å². The van der Waals surface area contributed by atoms with Crippen LogP contribution in [0.3, 0.4) is 0 Å². The quantitative estimate of drug-likeness (QED) is 0.671. The highest BCUT2D eigenvalue weighted by molar-refractivity contribution is 9.11. The van der Waals surface area contributed by atoms with Crippen molar-refractivity contribution in [3.05, 3.63) is 44.7 Å². The number of nitrogens with zero attached hydrogens (tertiary/aromatic N) is 2. The zero-order valence-electron chi connectivity index (χ0n) is 9.85. The fraction of sp³-hybridized carbons (Fsp3) is 0.167. The van der Waals surface area contributed by atoms with E-state index < -0.39 is 0 Å². The molecule has 0 aliphatic rings. The second-order valence-corrected chi connectivity index (χ2v) is 6.19. The van der Waals surface area contributed by atoms with Gasteiger partial charge in [0.2, 0.25) is 0 Å². The number of hydrogen-bond acceptors (Lipinski definition) is 4. The molecule has 6 heteroatoms. The molecule has 2 heterocycles. The van der Waals surface area contributed by atoms with E-state index >= 15 is 0 Å². The molecule has 0 fully saturated rings. The lowest BCUT2D eigenvalue weighted by Gasteiger charge is -2.20. The Labute approximate surface area is 118 Å². The van der Waals surface area contributed by atoms with Gasteiger partial charge in [0.15, 0.2) is 0 Å². The summed E-state index contributed by atoms with van der Waals surface area (Å²) in [5.41, 5.74) is 7.43. The van der Waals surface area contributed by atoms with E-state index in [4.69, 9.17) is 11.1 Å². The number of nitrogens with one attached hydrogen (secondary N) is 1. The van der Waals surface area contributed by atoms with Crippen molar-refractivity contribution in [1.29, 1.82) is 5.41 Å². The Hall–Kier alpha value is -1.40. The Morgan fingerprint density at radius 1 is 1.61 bits per heavy atom. The molecule has 18 heavy (non-hydrogen) atoms. The van der Waals surface area contributed by atoms with Gasteiger partial charge in [-0.1, -0.05) is 0 Å². The minimum Gasteiger partial charge on any atom is -0.384 e. The van der Waals surface area contributed by atoms with E-state index in [0.29, 0.717) is 5.56 Å². The lowest BCUT2D eigenvalue weighted by Crippen LogP contribution is -2.22. The molecule has 4 nitrogen and oxygen atoms in total. The first-order chi connectivity index (χ1) is 8.58. The number of halogens is 1. The van der Waals surface area contributed by atoms with E-state index in [2.05, 4.69) is 32.4 Å². The highest BCUT2D eigenvalue weighted by Gasteiger charge is 2.11. The van der Waals surface area contributed by atoms with Crippen LogP contribution in [0.15, 0.2) is 33.6 Å². The first-order valence-electron chi connectivity index (χ1n) is 5.31. The molecule has 2 aromatic heterocycles. The van der Waals surface area contributed by atoms with Gasteiger partial charge in [-0.15, -0.1) is 11.3 Å². The summed E-state index contributed by atoms with van der Waals surface area (Å²) in [6, 6.07) is 5.68. The Morgan fingerprint density at radius 2 is 2.39 bits per heavy atom. The third kappa shape index (κ3) is 2.88. The number of anilines is 1. The standard InChI is InChI=1S/C12H13BrN4S/c1-17(6-8-5-10(13)18-7-8)12-9(11(14)15)3-2-4-16-12/h2-5,7H,6H2,1H3,(H3,14,15).